The first-order chi connectivity index (χ1) is 1.00. The molecular formula is CH4CoLi2OSi. The second kappa shape index (κ2) is 74.4. The van der Waals surface area contributed by atoms with E-state index >= 15 is 0 Å². The Kier molecular flexibility index (Phi) is 585. The van der Waals surface area contributed by atoms with Gasteiger partial charge in [-0.2, -0.15) is 0 Å². The first kappa shape index (κ1) is 47.1. The fourth-order valence-electron chi connectivity index (χ4n) is 0. The van der Waals surface area contributed by atoms with Crippen LogP contribution in [0.15, 0.2) is 0 Å². The van der Waals surface area contributed by atoms with Crippen LogP contribution in [-0.4, -0.2) is 48.7 Å². The molecule has 0 aromatic heterocycles. The summed E-state index contributed by atoms with van der Waals surface area (Å²) in [7, 11) is 0. The topological polar surface area (TPSA) is 17.1 Å². The van der Waals surface area contributed by atoms with Crippen molar-refractivity contribution in [1.82, 2.24) is 0 Å². The summed E-state index contributed by atoms with van der Waals surface area (Å²) in [6.07, 6.45) is 0. The van der Waals surface area contributed by atoms with E-state index in [1.807, 2.05) is 0 Å². The van der Waals surface area contributed by atoms with Gasteiger partial charge in [-0.25, -0.2) is 0 Å². The van der Waals surface area contributed by atoms with Crippen LogP contribution in [0.5, 0.6) is 0 Å². The van der Waals surface area contributed by atoms with Gasteiger partial charge in [0.15, 0.2) is 0 Å². The van der Waals surface area contributed by atoms with Gasteiger partial charge in [-0.15, -0.1) is 0 Å². The van der Waals surface area contributed by atoms with Crippen LogP contribution in [0.4, 0.5) is 0 Å². The van der Waals surface area contributed by atoms with Crippen LogP contribution in [-0.2, 0) is 19.5 Å². The molecule has 0 spiro atoms. The zero-order valence-corrected chi connectivity index (χ0v) is 5.28. The minimum absolute atomic E-state index is 0. The summed E-state index contributed by atoms with van der Waals surface area (Å²) in [5, 5.41) is 0. The molecule has 0 aliphatic rings. The molecule has 1 nitrogen and oxygen atoms in total. The molecular weight excluding hydrogens is 129 g/mol. The molecule has 6 radical (unpaired) electrons. The first-order valence-corrected chi connectivity index (χ1v) is 0.561. The Morgan fingerprint density at radius 2 is 1.00 bits per heavy atom. The molecule has 0 saturated heterocycles. The SMILES string of the molecule is C.[Li].[Li].[O]=[Co].[Si]. The molecule has 0 amide bonds. The summed E-state index contributed by atoms with van der Waals surface area (Å²) in [5.41, 5.74) is 0. The third kappa shape index (κ3) is 43.1. The third-order valence-electron chi connectivity index (χ3n) is 0. The van der Waals surface area contributed by atoms with Gasteiger partial charge in [-0.1, -0.05) is 7.43 Å². The molecule has 0 atom stereocenters. The summed E-state index contributed by atoms with van der Waals surface area (Å²) < 4.78 is 7.94. The van der Waals surface area contributed by atoms with Gasteiger partial charge in [-0.3, -0.25) is 0 Å². The predicted octanol–water partition coefficient (Wildman–Crippen LogP) is -0.628. The van der Waals surface area contributed by atoms with E-state index in [1.165, 1.54) is 0 Å². The zero-order valence-electron chi connectivity index (χ0n) is 3.24. The van der Waals surface area contributed by atoms with Crippen LogP contribution in [0.1, 0.15) is 7.43 Å². The number of rotatable bonds is 0. The van der Waals surface area contributed by atoms with Crippen molar-refractivity contribution in [1.29, 1.82) is 0 Å². The maximum atomic E-state index is 7.94. The zero-order chi connectivity index (χ0) is 2.00. The van der Waals surface area contributed by atoms with Crippen molar-refractivity contribution in [2.75, 3.05) is 0 Å². The van der Waals surface area contributed by atoms with E-state index in [0.717, 1.165) is 0 Å². The minimum Gasteiger partial charge on any atom is 0 e. The van der Waals surface area contributed by atoms with Crippen LogP contribution in [0.25, 0.3) is 0 Å². The van der Waals surface area contributed by atoms with E-state index in [4.69, 9.17) is 3.87 Å². The molecule has 0 heterocycles. The Hall–Kier alpha value is 1.72. The quantitative estimate of drug-likeness (QED) is 0.402. The molecule has 0 aliphatic carbocycles. The summed E-state index contributed by atoms with van der Waals surface area (Å²) in [4.78, 5) is 0. The Balaban J connectivity index is -0.000000000833. The van der Waals surface area contributed by atoms with Crippen LogP contribution in [0, 0.1) is 0 Å². The normalized spacial score (nSPS) is 0.833. The molecule has 0 N–H and O–H groups in total. The number of hydrogen-bond acceptors (Lipinski definition) is 1. The predicted molar refractivity (Wildman–Crippen MR) is 24.7 cm³/mol. The van der Waals surface area contributed by atoms with Crippen molar-refractivity contribution in [3.8, 4) is 0 Å². The average Bonchev–Trinajstić information content (AvgIpc) is 1.00. The molecule has 5 heteroatoms. The Morgan fingerprint density at radius 3 is 1.00 bits per heavy atom. The van der Waals surface area contributed by atoms with Crippen molar-refractivity contribution >= 4 is 48.7 Å². The maximum Gasteiger partial charge on any atom is 0 e. The fraction of sp³-hybridized carbons (Fsp3) is 1.00. The third-order valence-corrected chi connectivity index (χ3v) is 0. The Bertz CT molecular complexity index is 13.5. The molecule has 0 aliphatic heterocycles. The average molecular weight is 133 g/mol. The maximum absolute atomic E-state index is 7.94. The van der Waals surface area contributed by atoms with Gasteiger partial charge < -0.3 is 0 Å². The fourth-order valence-corrected chi connectivity index (χ4v) is 0. The van der Waals surface area contributed by atoms with Gasteiger partial charge in [0, 0.05) is 48.7 Å². The van der Waals surface area contributed by atoms with Crippen LogP contribution in [0.2, 0.25) is 0 Å². The van der Waals surface area contributed by atoms with Gasteiger partial charge >= 0.3 is 19.5 Å². The molecule has 0 aromatic carbocycles. The van der Waals surface area contributed by atoms with Gasteiger partial charge in [-0.05, 0) is 0 Å². The van der Waals surface area contributed by atoms with Crippen LogP contribution in [0.3, 0.4) is 0 Å². The largest absolute Gasteiger partial charge is 0 e. The van der Waals surface area contributed by atoms with Gasteiger partial charge in [0.1, 0.15) is 0 Å². The van der Waals surface area contributed by atoms with Crippen molar-refractivity contribution in [3.05, 3.63) is 0 Å². The molecule has 0 bridgehead atoms. The Morgan fingerprint density at radius 1 is 1.00 bits per heavy atom. The summed E-state index contributed by atoms with van der Waals surface area (Å²) in [5.74, 6) is 0. The Labute approximate surface area is 75.2 Å². The van der Waals surface area contributed by atoms with Crippen LogP contribution < -0.4 is 0 Å². The first-order valence-electron chi connectivity index (χ1n) is 0.136. The minimum atomic E-state index is 0. The number of hydrogen-bond donors (Lipinski definition) is 0. The summed E-state index contributed by atoms with van der Waals surface area (Å²) >= 11 is 2.31. The van der Waals surface area contributed by atoms with E-state index in [9.17, 15) is 0 Å². The molecule has 0 aromatic rings. The smallest absolute Gasteiger partial charge is 0 e. The summed E-state index contributed by atoms with van der Waals surface area (Å²) in [6, 6.07) is 0. The van der Waals surface area contributed by atoms with Crippen LogP contribution >= 0.6 is 0 Å². The van der Waals surface area contributed by atoms with Crippen molar-refractivity contribution in [2.24, 2.45) is 0 Å². The monoisotopic (exact) mass is 133 g/mol. The summed E-state index contributed by atoms with van der Waals surface area (Å²) in [6.45, 7) is 0. The second-order valence-electron chi connectivity index (χ2n) is 0. The second-order valence-corrected chi connectivity index (χ2v) is 0. The molecule has 0 saturated carbocycles. The van der Waals surface area contributed by atoms with Gasteiger partial charge in [0.25, 0.3) is 0 Å². The van der Waals surface area contributed by atoms with E-state index in [1.54, 1.807) is 0 Å². The molecule has 0 fully saturated rings. The molecule has 0 rings (SSSR count). The van der Waals surface area contributed by atoms with Gasteiger partial charge in [0.2, 0.25) is 0 Å². The van der Waals surface area contributed by atoms with Crippen molar-refractivity contribution in [2.45, 2.75) is 7.43 Å². The van der Waals surface area contributed by atoms with E-state index in [2.05, 4.69) is 15.7 Å². The van der Waals surface area contributed by atoms with E-state index in [0.29, 0.717) is 0 Å². The van der Waals surface area contributed by atoms with Crippen molar-refractivity contribution < 1.29 is 19.5 Å². The molecule has 0 unspecified atom stereocenters. The van der Waals surface area contributed by atoms with Gasteiger partial charge in [0.05, 0.1) is 0 Å². The van der Waals surface area contributed by atoms with Crippen molar-refractivity contribution in [3.63, 3.8) is 0 Å². The van der Waals surface area contributed by atoms with E-state index < -0.39 is 0 Å². The molecule has 6 heavy (non-hydrogen) atoms. The molecule has 29 valence electrons. The standard InChI is InChI=1S/CH4.Co.2Li.O.Si/h1H4;;;;;. The van der Waals surface area contributed by atoms with E-state index in [-0.39, 0.29) is 56.1 Å².